The van der Waals surface area contributed by atoms with E-state index in [0.29, 0.717) is 12.5 Å². The average Bonchev–Trinajstić information content (AvgIpc) is 2.47. The lowest BCUT2D eigenvalue weighted by Gasteiger charge is -2.33. The highest BCUT2D eigenvalue weighted by atomic mass is 16.4. The Morgan fingerprint density at radius 1 is 1.45 bits per heavy atom. The molecular weight excluding hydrogens is 256 g/mol. The van der Waals surface area contributed by atoms with Crippen LogP contribution in [0.5, 0.6) is 0 Å². The van der Waals surface area contributed by atoms with Crippen LogP contribution in [0.1, 0.15) is 32.6 Å². The summed E-state index contributed by atoms with van der Waals surface area (Å²) >= 11 is 0. The van der Waals surface area contributed by atoms with Crippen LogP contribution in [0.2, 0.25) is 0 Å². The van der Waals surface area contributed by atoms with Gasteiger partial charge in [-0.1, -0.05) is 0 Å². The van der Waals surface area contributed by atoms with Gasteiger partial charge in [-0.25, -0.2) is 9.97 Å². The fourth-order valence-electron chi connectivity index (χ4n) is 2.53. The number of piperidine rings is 1. The minimum atomic E-state index is -0.727. The molecule has 0 saturated carbocycles. The lowest BCUT2D eigenvalue weighted by atomic mass is 10.0. The van der Waals surface area contributed by atoms with Crippen LogP contribution in [0.4, 0.5) is 5.95 Å². The fourth-order valence-corrected chi connectivity index (χ4v) is 2.53. The molecule has 6 nitrogen and oxygen atoms in total. The van der Waals surface area contributed by atoms with Crippen LogP contribution in [-0.2, 0) is 4.79 Å². The SMILES string of the molecule is CC(CCC(=O)O)NC1CCN(c2ncccn2)CC1. The van der Waals surface area contributed by atoms with Crippen LogP contribution < -0.4 is 10.2 Å². The van der Waals surface area contributed by atoms with Gasteiger partial charge in [0.05, 0.1) is 0 Å². The molecule has 6 heteroatoms. The van der Waals surface area contributed by atoms with E-state index in [1.165, 1.54) is 0 Å². The number of aromatic nitrogens is 2. The molecule has 0 bridgehead atoms. The standard InChI is InChI=1S/C14H22N4O2/c1-11(3-4-13(19)20)17-12-5-9-18(10-6-12)14-15-7-2-8-16-14/h2,7-8,11-12,17H,3-6,9-10H2,1H3,(H,19,20). The molecule has 2 N–H and O–H groups in total. The number of anilines is 1. The van der Waals surface area contributed by atoms with Gasteiger partial charge < -0.3 is 15.3 Å². The number of carboxylic acid groups (broad SMARTS) is 1. The van der Waals surface area contributed by atoms with Crippen molar-refractivity contribution in [1.82, 2.24) is 15.3 Å². The molecule has 0 aromatic carbocycles. The molecule has 0 spiro atoms. The molecular formula is C14H22N4O2. The first-order valence-corrected chi connectivity index (χ1v) is 7.15. The van der Waals surface area contributed by atoms with E-state index in [1.807, 2.05) is 6.07 Å². The summed E-state index contributed by atoms with van der Waals surface area (Å²) in [6.07, 6.45) is 6.51. The number of nitrogens with one attached hydrogen (secondary N) is 1. The van der Waals surface area contributed by atoms with Crippen LogP contribution in [0.3, 0.4) is 0 Å². The van der Waals surface area contributed by atoms with Gasteiger partial charge >= 0.3 is 5.97 Å². The normalized spacial score (nSPS) is 17.9. The molecule has 0 aliphatic carbocycles. The molecule has 0 amide bonds. The maximum atomic E-state index is 10.5. The molecule has 1 aliphatic rings. The van der Waals surface area contributed by atoms with E-state index in [1.54, 1.807) is 12.4 Å². The number of aliphatic carboxylic acids is 1. The second-order valence-corrected chi connectivity index (χ2v) is 5.31. The Bertz CT molecular complexity index is 418. The molecule has 1 fully saturated rings. The Labute approximate surface area is 119 Å². The summed E-state index contributed by atoms with van der Waals surface area (Å²) in [5, 5.41) is 12.2. The Morgan fingerprint density at radius 2 is 2.10 bits per heavy atom. The van der Waals surface area contributed by atoms with Crippen LogP contribution in [-0.4, -0.2) is 46.2 Å². The average molecular weight is 278 g/mol. The Kier molecular flexibility index (Phi) is 5.29. The van der Waals surface area contributed by atoms with Gasteiger partial charge in [0.2, 0.25) is 5.95 Å². The minimum Gasteiger partial charge on any atom is -0.481 e. The summed E-state index contributed by atoms with van der Waals surface area (Å²) in [5.41, 5.74) is 0. The van der Waals surface area contributed by atoms with Crippen LogP contribution in [0.25, 0.3) is 0 Å². The highest BCUT2D eigenvalue weighted by Crippen LogP contribution is 2.16. The van der Waals surface area contributed by atoms with Crippen molar-refractivity contribution in [3.05, 3.63) is 18.5 Å². The number of hydrogen-bond donors (Lipinski definition) is 2. The molecule has 0 radical (unpaired) electrons. The number of nitrogens with zero attached hydrogens (tertiary/aromatic N) is 3. The van der Waals surface area contributed by atoms with E-state index in [0.717, 1.165) is 31.9 Å². The molecule has 110 valence electrons. The van der Waals surface area contributed by atoms with E-state index in [4.69, 9.17) is 5.11 Å². The van der Waals surface area contributed by atoms with Crippen molar-refractivity contribution < 1.29 is 9.90 Å². The van der Waals surface area contributed by atoms with Gasteiger partial charge in [0, 0.05) is 44.0 Å². The van der Waals surface area contributed by atoms with Gasteiger partial charge in [0.15, 0.2) is 0 Å². The fraction of sp³-hybridized carbons (Fsp3) is 0.643. The Morgan fingerprint density at radius 3 is 2.70 bits per heavy atom. The molecule has 1 aromatic heterocycles. The molecule has 1 saturated heterocycles. The number of hydrogen-bond acceptors (Lipinski definition) is 5. The Hall–Kier alpha value is -1.69. The number of carbonyl (C=O) groups is 1. The first kappa shape index (κ1) is 14.7. The monoisotopic (exact) mass is 278 g/mol. The predicted molar refractivity (Wildman–Crippen MR) is 76.7 cm³/mol. The first-order chi connectivity index (χ1) is 9.65. The second kappa shape index (κ2) is 7.19. The van der Waals surface area contributed by atoms with Crippen molar-refractivity contribution in [2.24, 2.45) is 0 Å². The quantitative estimate of drug-likeness (QED) is 0.816. The van der Waals surface area contributed by atoms with Crippen molar-refractivity contribution in [1.29, 1.82) is 0 Å². The summed E-state index contributed by atoms with van der Waals surface area (Å²) < 4.78 is 0. The third-order valence-corrected chi connectivity index (χ3v) is 3.64. The highest BCUT2D eigenvalue weighted by Gasteiger charge is 2.21. The number of rotatable bonds is 6. The minimum absolute atomic E-state index is 0.227. The molecule has 1 aliphatic heterocycles. The molecule has 2 rings (SSSR count). The van der Waals surface area contributed by atoms with Crippen molar-refractivity contribution in [2.45, 2.75) is 44.7 Å². The van der Waals surface area contributed by atoms with Gasteiger partial charge in [0.1, 0.15) is 0 Å². The summed E-state index contributed by atoms with van der Waals surface area (Å²) in [5.74, 6) is 0.0690. The van der Waals surface area contributed by atoms with Gasteiger partial charge in [-0.15, -0.1) is 0 Å². The summed E-state index contributed by atoms with van der Waals surface area (Å²) in [6.45, 7) is 3.93. The van der Waals surface area contributed by atoms with Crippen LogP contribution >= 0.6 is 0 Å². The molecule has 20 heavy (non-hydrogen) atoms. The topological polar surface area (TPSA) is 78.4 Å². The van der Waals surface area contributed by atoms with E-state index < -0.39 is 5.97 Å². The molecule has 1 aromatic rings. The maximum absolute atomic E-state index is 10.5. The van der Waals surface area contributed by atoms with E-state index in [2.05, 4.69) is 27.1 Å². The smallest absolute Gasteiger partial charge is 0.303 e. The predicted octanol–water partition coefficient (Wildman–Crippen LogP) is 1.29. The third kappa shape index (κ3) is 4.45. The largest absolute Gasteiger partial charge is 0.481 e. The lowest BCUT2D eigenvalue weighted by Crippen LogP contribution is -2.46. The molecule has 2 heterocycles. The van der Waals surface area contributed by atoms with Crippen LogP contribution in [0.15, 0.2) is 18.5 Å². The van der Waals surface area contributed by atoms with Crippen molar-refractivity contribution >= 4 is 11.9 Å². The van der Waals surface area contributed by atoms with Gasteiger partial charge in [-0.2, -0.15) is 0 Å². The zero-order valence-corrected chi connectivity index (χ0v) is 11.8. The van der Waals surface area contributed by atoms with Crippen LogP contribution in [0, 0.1) is 0 Å². The third-order valence-electron chi connectivity index (χ3n) is 3.64. The second-order valence-electron chi connectivity index (χ2n) is 5.31. The zero-order valence-electron chi connectivity index (χ0n) is 11.8. The highest BCUT2D eigenvalue weighted by molar-refractivity contribution is 5.66. The summed E-state index contributed by atoms with van der Waals surface area (Å²) in [4.78, 5) is 21.3. The van der Waals surface area contributed by atoms with Crippen molar-refractivity contribution in [2.75, 3.05) is 18.0 Å². The Balaban J connectivity index is 1.73. The van der Waals surface area contributed by atoms with E-state index in [-0.39, 0.29) is 12.5 Å². The summed E-state index contributed by atoms with van der Waals surface area (Å²) in [7, 11) is 0. The summed E-state index contributed by atoms with van der Waals surface area (Å²) in [6, 6.07) is 2.52. The maximum Gasteiger partial charge on any atom is 0.303 e. The zero-order chi connectivity index (χ0) is 14.4. The number of carboxylic acids is 1. The van der Waals surface area contributed by atoms with Crippen molar-refractivity contribution in [3.8, 4) is 0 Å². The van der Waals surface area contributed by atoms with Gasteiger partial charge in [0.25, 0.3) is 0 Å². The van der Waals surface area contributed by atoms with Gasteiger partial charge in [-0.3, -0.25) is 4.79 Å². The lowest BCUT2D eigenvalue weighted by molar-refractivity contribution is -0.137. The van der Waals surface area contributed by atoms with Gasteiger partial charge in [-0.05, 0) is 32.3 Å². The molecule has 1 unspecified atom stereocenters. The van der Waals surface area contributed by atoms with Crippen molar-refractivity contribution in [3.63, 3.8) is 0 Å². The van der Waals surface area contributed by atoms with E-state index >= 15 is 0 Å². The first-order valence-electron chi connectivity index (χ1n) is 7.15. The molecule has 1 atom stereocenters. The van der Waals surface area contributed by atoms with E-state index in [9.17, 15) is 4.79 Å².